The molecule has 0 atom stereocenters. The molecule has 1 aromatic rings. The third-order valence-corrected chi connectivity index (χ3v) is 1.43. The molecule has 78 valence electrons. The van der Waals surface area contributed by atoms with Crippen LogP contribution in [0.4, 0.5) is 10.8 Å². The van der Waals surface area contributed by atoms with E-state index in [1.54, 1.807) is 0 Å². The van der Waals surface area contributed by atoms with Crippen molar-refractivity contribution in [3.63, 3.8) is 0 Å². The summed E-state index contributed by atoms with van der Waals surface area (Å²) in [4.78, 5) is 10.2. The van der Waals surface area contributed by atoms with Crippen molar-refractivity contribution in [2.75, 3.05) is 18.5 Å². The molecule has 0 saturated heterocycles. The molecule has 1 heterocycles. The van der Waals surface area contributed by atoms with Gasteiger partial charge < -0.3 is 20.2 Å². The van der Waals surface area contributed by atoms with Crippen LogP contribution in [0.1, 0.15) is 5.89 Å². The largest absolute Gasteiger partial charge is 0.448 e. The Morgan fingerprint density at radius 1 is 1.64 bits per heavy atom. The van der Waals surface area contributed by atoms with Crippen LogP contribution in [0.3, 0.4) is 0 Å². The third-order valence-electron chi connectivity index (χ3n) is 1.20. The Morgan fingerprint density at radius 3 is 3.00 bits per heavy atom. The second-order valence-corrected chi connectivity index (χ2v) is 2.50. The second kappa shape index (κ2) is 5.28. The van der Waals surface area contributed by atoms with Crippen LogP contribution >= 0.6 is 11.6 Å². The van der Waals surface area contributed by atoms with E-state index in [0.29, 0.717) is 12.4 Å². The summed E-state index contributed by atoms with van der Waals surface area (Å²) in [5.41, 5.74) is 4.74. The summed E-state index contributed by atoms with van der Waals surface area (Å²) in [6.45, 7) is 0.473. The standard InChI is InChI=1S/C6H9ClN4O3/c7-3-4-10-11-6(14-4)9-1-2-13-5(8)12/h1-3H2,(H2,8,12)(H,9,11). The molecule has 0 aliphatic carbocycles. The van der Waals surface area contributed by atoms with Gasteiger partial charge in [0.15, 0.2) is 0 Å². The minimum atomic E-state index is -0.821. The van der Waals surface area contributed by atoms with Crippen LogP contribution in [0.25, 0.3) is 0 Å². The molecule has 7 nitrogen and oxygen atoms in total. The quantitative estimate of drug-likeness (QED) is 0.547. The van der Waals surface area contributed by atoms with Crippen molar-refractivity contribution in [1.82, 2.24) is 10.2 Å². The van der Waals surface area contributed by atoms with E-state index in [4.69, 9.17) is 21.8 Å². The topological polar surface area (TPSA) is 103 Å². The molecule has 1 aromatic heterocycles. The molecule has 8 heteroatoms. The number of hydrogen-bond donors (Lipinski definition) is 2. The monoisotopic (exact) mass is 220 g/mol. The number of amides is 1. The van der Waals surface area contributed by atoms with Crippen molar-refractivity contribution in [2.24, 2.45) is 5.73 Å². The van der Waals surface area contributed by atoms with Gasteiger partial charge in [0, 0.05) is 0 Å². The van der Waals surface area contributed by atoms with E-state index in [1.165, 1.54) is 0 Å². The summed E-state index contributed by atoms with van der Waals surface area (Å²) >= 11 is 5.43. The molecule has 0 radical (unpaired) electrons. The highest BCUT2D eigenvalue weighted by atomic mass is 35.5. The third kappa shape index (κ3) is 3.48. The number of nitrogens with one attached hydrogen (secondary N) is 1. The average molecular weight is 221 g/mol. The van der Waals surface area contributed by atoms with Gasteiger partial charge in [0.1, 0.15) is 12.5 Å². The van der Waals surface area contributed by atoms with Gasteiger partial charge in [-0.15, -0.1) is 16.7 Å². The number of primary amides is 1. The Morgan fingerprint density at radius 2 is 2.43 bits per heavy atom. The summed E-state index contributed by atoms with van der Waals surface area (Å²) in [6.07, 6.45) is -0.821. The zero-order valence-corrected chi connectivity index (χ0v) is 7.95. The predicted octanol–water partition coefficient (Wildman–Crippen LogP) is 0.316. The normalized spacial score (nSPS) is 9.79. The van der Waals surface area contributed by atoms with Gasteiger partial charge in [-0.1, -0.05) is 5.10 Å². The molecule has 0 spiro atoms. The Hall–Kier alpha value is -1.50. The zero-order chi connectivity index (χ0) is 10.4. The van der Waals surface area contributed by atoms with Crippen LogP contribution in [0.2, 0.25) is 0 Å². The van der Waals surface area contributed by atoms with Gasteiger partial charge in [-0.25, -0.2) is 4.79 Å². The number of anilines is 1. The first-order valence-electron chi connectivity index (χ1n) is 3.77. The molecule has 3 N–H and O–H groups in total. The van der Waals surface area contributed by atoms with Crippen LogP contribution < -0.4 is 11.1 Å². The molecule has 0 aliphatic rings. The molecule has 0 aliphatic heterocycles. The van der Waals surface area contributed by atoms with Crippen molar-refractivity contribution in [1.29, 1.82) is 0 Å². The fraction of sp³-hybridized carbons (Fsp3) is 0.500. The maximum absolute atomic E-state index is 10.2. The lowest BCUT2D eigenvalue weighted by molar-refractivity contribution is 0.161. The van der Waals surface area contributed by atoms with E-state index in [2.05, 4.69) is 20.3 Å². The Bertz CT molecular complexity index is 303. The average Bonchev–Trinajstić information content (AvgIpc) is 2.60. The summed E-state index contributed by atoms with van der Waals surface area (Å²) in [5.74, 6) is 0.483. The Kier molecular flexibility index (Phi) is 3.99. The van der Waals surface area contributed by atoms with Gasteiger partial charge in [-0.3, -0.25) is 0 Å². The molecular weight excluding hydrogens is 212 g/mol. The summed E-state index contributed by atoms with van der Waals surface area (Å²) in [5, 5.41) is 9.95. The van der Waals surface area contributed by atoms with Crippen molar-refractivity contribution >= 4 is 23.7 Å². The van der Waals surface area contributed by atoms with E-state index in [-0.39, 0.29) is 18.5 Å². The molecule has 0 unspecified atom stereocenters. The smallest absolute Gasteiger partial charge is 0.404 e. The number of nitrogens with two attached hydrogens (primary N) is 1. The van der Waals surface area contributed by atoms with Gasteiger partial charge in [0.25, 0.3) is 0 Å². The van der Waals surface area contributed by atoms with Crippen LogP contribution in [-0.4, -0.2) is 29.4 Å². The number of rotatable bonds is 5. The number of halogens is 1. The zero-order valence-electron chi connectivity index (χ0n) is 7.20. The number of nitrogens with zero attached hydrogens (tertiary/aromatic N) is 2. The minimum Gasteiger partial charge on any atom is -0.448 e. The number of alkyl halides is 1. The molecule has 0 saturated carbocycles. The van der Waals surface area contributed by atoms with Gasteiger partial charge in [-0.05, 0) is 0 Å². The molecule has 1 amide bonds. The summed E-state index contributed by atoms with van der Waals surface area (Å²) < 4.78 is 9.46. The SMILES string of the molecule is NC(=O)OCCNc1nnc(CCl)o1. The summed E-state index contributed by atoms with van der Waals surface area (Å²) in [6, 6.07) is 0.230. The van der Waals surface area contributed by atoms with Gasteiger partial charge in [0.05, 0.1) is 6.54 Å². The number of aromatic nitrogens is 2. The number of ether oxygens (including phenoxy) is 1. The Balaban J connectivity index is 2.21. The van der Waals surface area contributed by atoms with Crippen molar-refractivity contribution < 1.29 is 13.9 Å². The maximum atomic E-state index is 10.2. The highest BCUT2D eigenvalue weighted by Crippen LogP contribution is 2.06. The predicted molar refractivity (Wildman–Crippen MR) is 47.9 cm³/mol. The van der Waals surface area contributed by atoms with Gasteiger partial charge >= 0.3 is 12.1 Å². The highest BCUT2D eigenvalue weighted by Gasteiger charge is 2.03. The Labute approximate surface area is 84.6 Å². The van der Waals surface area contributed by atoms with Crippen molar-refractivity contribution in [3.05, 3.63) is 5.89 Å². The number of hydrogen-bond acceptors (Lipinski definition) is 6. The minimum absolute atomic E-state index is 0.133. The fourth-order valence-corrected chi connectivity index (χ4v) is 0.797. The van der Waals surface area contributed by atoms with Crippen LogP contribution in [0.15, 0.2) is 4.42 Å². The fourth-order valence-electron chi connectivity index (χ4n) is 0.689. The first kappa shape index (κ1) is 10.6. The maximum Gasteiger partial charge on any atom is 0.404 e. The highest BCUT2D eigenvalue weighted by molar-refractivity contribution is 6.16. The summed E-state index contributed by atoms with van der Waals surface area (Å²) in [7, 11) is 0. The lowest BCUT2D eigenvalue weighted by Crippen LogP contribution is -2.18. The lowest BCUT2D eigenvalue weighted by Gasteiger charge is -2.00. The molecule has 14 heavy (non-hydrogen) atoms. The van der Waals surface area contributed by atoms with Crippen molar-refractivity contribution in [3.8, 4) is 0 Å². The van der Waals surface area contributed by atoms with Crippen LogP contribution in [0, 0.1) is 0 Å². The first-order valence-corrected chi connectivity index (χ1v) is 4.30. The molecular formula is C6H9ClN4O3. The van der Waals surface area contributed by atoms with E-state index in [0.717, 1.165) is 0 Å². The lowest BCUT2D eigenvalue weighted by atomic mass is 10.7. The van der Waals surface area contributed by atoms with Crippen LogP contribution in [0.5, 0.6) is 0 Å². The van der Waals surface area contributed by atoms with Gasteiger partial charge in [0.2, 0.25) is 5.89 Å². The molecule has 0 fully saturated rings. The molecule has 1 rings (SSSR count). The number of carbonyl (C=O) groups excluding carboxylic acids is 1. The van der Waals surface area contributed by atoms with E-state index in [1.807, 2.05) is 0 Å². The first-order chi connectivity index (χ1) is 6.72. The van der Waals surface area contributed by atoms with E-state index >= 15 is 0 Å². The molecule has 0 aromatic carbocycles. The van der Waals surface area contributed by atoms with Crippen LogP contribution in [-0.2, 0) is 10.6 Å². The molecule has 0 bridgehead atoms. The van der Waals surface area contributed by atoms with Gasteiger partial charge in [-0.2, -0.15) is 0 Å². The second-order valence-electron chi connectivity index (χ2n) is 2.23. The van der Waals surface area contributed by atoms with E-state index in [9.17, 15) is 4.79 Å². The number of carbonyl (C=O) groups is 1. The van der Waals surface area contributed by atoms with Crippen molar-refractivity contribution in [2.45, 2.75) is 5.88 Å². The van der Waals surface area contributed by atoms with E-state index < -0.39 is 6.09 Å².